The van der Waals surface area contributed by atoms with Crippen LogP contribution in [0.1, 0.15) is 0 Å². The molecule has 23 rings (SSSR count). The van der Waals surface area contributed by atoms with Crippen LogP contribution in [0.5, 0.6) is 0 Å². The van der Waals surface area contributed by atoms with Gasteiger partial charge in [0.15, 0.2) is 23.3 Å². The molecule has 0 aliphatic rings. The average molecular weight is 1450 g/mol. The molecule has 0 atom stereocenters. The number of fused-ring (bicyclic) bond motifs is 20. The standard InChI is InChI=1S/C51H30N4S2.C46H27N3S2/c1-2-11-32(12-3-1)49-52-50(33-23-21-31(22-24-33)36-16-10-17-39-37-13-5-8-19-44(37)56-47(36)39)54-51(53-49)34-25-27-35(28-26-34)55-42-18-7-4-15-41(42)46-43(55)30-29-40-38-14-6-9-20-45(38)57-48(40)46;1-2-12-28(13-3-1)37-27-38(35-20-11-19-33-31-16-5-8-22-41(31)50-44(33)35)48-46(47-37)29-14-10-15-30(26-29)49-39-21-7-4-18-36(39)43-40(49)25-24-34-32-17-6-9-23-42(32)51-45(34)43/h1-30H;1-27H. The molecule has 0 bridgehead atoms. The van der Waals surface area contributed by atoms with Crippen LogP contribution in [0.2, 0.25) is 0 Å². The molecule has 0 amide bonds. The maximum absolute atomic E-state index is 5.32. The summed E-state index contributed by atoms with van der Waals surface area (Å²) < 4.78 is 15.2. The van der Waals surface area contributed by atoms with Crippen molar-refractivity contribution in [2.75, 3.05) is 0 Å². The van der Waals surface area contributed by atoms with Gasteiger partial charge < -0.3 is 9.13 Å². The van der Waals surface area contributed by atoms with Gasteiger partial charge in [-0.25, -0.2) is 24.9 Å². The number of aromatic nitrogens is 7. The zero-order valence-corrected chi connectivity index (χ0v) is 60.9. The van der Waals surface area contributed by atoms with E-state index < -0.39 is 0 Å². The molecular weight excluding hydrogens is 1390 g/mol. The Morgan fingerprint density at radius 2 is 0.556 bits per heavy atom. The van der Waals surface area contributed by atoms with Crippen molar-refractivity contribution in [2.24, 2.45) is 0 Å². The predicted octanol–water partition coefficient (Wildman–Crippen LogP) is 27.7. The summed E-state index contributed by atoms with van der Waals surface area (Å²) in [5.41, 5.74) is 17.2. The number of hydrogen-bond donors (Lipinski definition) is 0. The number of hydrogen-bond acceptors (Lipinski definition) is 9. The summed E-state index contributed by atoms with van der Waals surface area (Å²) in [5, 5.41) is 15.5. The van der Waals surface area contributed by atoms with Crippen molar-refractivity contribution in [3.05, 3.63) is 346 Å². The first-order chi connectivity index (χ1) is 53.5. The Morgan fingerprint density at radius 1 is 0.194 bits per heavy atom. The first-order valence-corrected chi connectivity index (χ1v) is 39.4. The van der Waals surface area contributed by atoms with E-state index in [9.17, 15) is 0 Å². The Bertz CT molecular complexity index is 7550. The van der Waals surface area contributed by atoms with Gasteiger partial charge in [0.2, 0.25) is 0 Å². The van der Waals surface area contributed by atoms with Crippen molar-refractivity contribution in [1.29, 1.82) is 0 Å². The van der Waals surface area contributed by atoms with Crippen LogP contribution in [-0.4, -0.2) is 34.1 Å². The summed E-state index contributed by atoms with van der Waals surface area (Å²) in [6.45, 7) is 0. The highest BCUT2D eigenvalue weighted by atomic mass is 32.1. The van der Waals surface area contributed by atoms with E-state index in [0.29, 0.717) is 23.3 Å². The quantitative estimate of drug-likeness (QED) is 0.144. The van der Waals surface area contributed by atoms with Crippen molar-refractivity contribution in [2.45, 2.75) is 0 Å². The maximum Gasteiger partial charge on any atom is 0.164 e. The van der Waals surface area contributed by atoms with Crippen LogP contribution >= 0.6 is 45.3 Å². The molecular formula is C97H57N7S4. The molecule has 108 heavy (non-hydrogen) atoms. The summed E-state index contributed by atoms with van der Waals surface area (Å²) in [5.74, 6) is 2.63. The molecule has 8 heterocycles. The van der Waals surface area contributed by atoms with Crippen LogP contribution in [0.3, 0.4) is 0 Å². The highest BCUT2D eigenvalue weighted by Gasteiger charge is 2.23. The molecule has 7 nitrogen and oxygen atoms in total. The van der Waals surface area contributed by atoms with Crippen LogP contribution in [-0.2, 0) is 0 Å². The lowest BCUT2D eigenvalue weighted by molar-refractivity contribution is 1.07. The molecule has 0 saturated heterocycles. The summed E-state index contributed by atoms with van der Waals surface area (Å²) in [7, 11) is 0. The number of benzene rings is 15. The van der Waals surface area contributed by atoms with Gasteiger partial charge in [-0.3, -0.25) is 0 Å². The molecule has 11 heteroatoms. The average Bonchev–Trinajstić information content (AvgIpc) is 1.57. The normalized spacial score (nSPS) is 11.9. The summed E-state index contributed by atoms with van der Waals surface area (Å²) in [6.07, 6.45) is 0. The third kappa shape index (κ3) is 10.2. The number of rotatable bonds is 9. The number of para-hydroxylation sites is 2. The molecule has 504 valence electrons. The minimum absolute atomic E-state index is 0.638. The van der Waals surface area contributed by atoms with E-state index >= 15 is 0 Å². The zero-order valence-electron chi connectivity index (χ0n) is 57.7. The zero-order chi connectivity index (χ0) is 70.9. The highest BCUT2D eigenvalue weighted by molar-refractivity contribution is 7.28. The van der Waals surface area contributed by atoms with Crippen molar-refractivity contribution < 1.29 is 0 Å². The second-order valence-corrected chi connectivity index (χ2v) is 31.5. The van der Waals surface area contributed by atoms with Crippen LogP contribution in [0.15, 0.2) is 346 Å². The Hall–Kier alpha value is -13.1. The van der Waals surface area contributed by atoms with Crippen molar-refractivity contribution in [3.63, 3.8) is 0 Å². The minimum atomic E-state index is 0.638. The fraction of sp³-hybridized carbons (Fsp3) is 0. The van der Waals surface area contributed by atoms with Gasteiger partial charge in [0.1, 0.15) is 0 Å². The van der Waals surface area contributed by atoms with Gasteiger partial charge in [-0.05, 0) is 102 Å². The first kappa shape index (κ1) is 62.3. The third-order valence-corrected chi connectivity index (χ3v) is 26.0. The van der Waals surface area contributed by atoms with Gasteiger partial charge in [0.05, 0.1) is 33.5 Å². The largest absolute Gasteiger partial charge is 0.309 e. The Balaban J connectivity index is 0.000000135. The Labute approximate surface area is 635 Å². The van der Waals surface area contributed by atoms with Gasteiger partial charge in [-0.15, -0.1) is 45.3 Å². The molecule has 0 saturated carbocycles. The molecule has 15 aromatic carbocycles. The van der Waals surface area contributed by atoms with E-state index in [0.717, 1.165) is 56.1 Å². The lowest BCUT2D eigenvalue weighted by Gasteiger charge is -2.12. The van der Waals surface area contributed by atoms with Gasteiger partial charge in [-0.2, -0.15) is 0 Å². The molecule has 0 N–H and O–H groups in total. The van der Waals surface area contributed by atoms with Gasteiger partial charge in [-0.1, -0.05) is 255 Å². The van der Waals surface area contributed by atoms with E-state index in [2.05, 4.69) is 331 Å². The lowest BCUT2D eigenvalue weighted by atomic mass is 10.0. The molecule has 0 aliphatic heterocycles. The lowest BCUT2D eigenvalue weighted by Crippen LogP contribution is -2.00. The van der Waals surface area contributed by atoms with Gasteiger partial charge in [0, 0.05) is 147 Å². The minimum Gasteiger partial charge on any atom is -0.309 e. The fourth-order valence-corrected chi connectivity index (χ4v) is 21.1. The predicted molar refractivity (Wildman–Crippen MR) is 460 cm³/mol. The highest BCUT2D eigenvalue weighted by Crippen LogP contribution is 2.48. The molecule has 0 unspecified atom stereocenters. The second-order valence-electron chi connectivity index (χ2n) is 27.3. The van der Waals surface area contributed by atoms with Gasteiger partial charge >= 0.3 is 0 Å². The first-order valence-electron chi connectivity index (χ1n) is 36.1. The molecule has 23 aromatic rings. The molecule has 0 spiro atoms. The van der Waals surface area contributed by atoms with E-state index in [-0.39, 0.29) is 0 Å². The van der Waals surface area contributed by atoms with Crippen molar-refractivity contribution in [1.82, 2.24) is 34.1 Å². The SMILES string of the molecule is c1ccc(-c2cc(-c3cccc4c3sc3ccccc34)nc(-c3cccc(-n4c5ccccc5c5c6sc7ccccc7c6ccc54)c3)n2)cc1.c1ccc(-c2nc(-c3ccc(-c4cccc5c4sc4ccccc45)cc3)nc(-c3ccc(-n4c5ccccc5c5c6sc7ccccc7c6ccc54)cc3)n2)cc1. The molecule has 8 aromatic heterocycles. The molecule has 0 aliphatic carbocycles. The summed E-state index contributed by atoms with van der Waals surface area (Å²) in [4.78, 5) is 25.7. The van der Waals surface area contributed by atoms with Crippen LogP contribution in [0, 0.1) is 0 Å². The number of nitrogens with zero attached hydrogens (tertiary/aromatic N) is 7. The van der Waals surface area contributed by atoms with Crippen molar-refractivity contribution in [3.8, 4) is 90.6 Å². The smallest absolute Gasteiger partial charge is 0.164 e. The summed E-state index contributed by atoms with van der Waals surface area (Å²) >= 11 is 7.44. The van der Waals surface area contributed by atoms with E-state index in [4.69, 9.17) is 24.9 Å². The Kier molecular flexibility index (Phi) is 14.6. The topological polar surface area (TPSA) is 74.3 Å². The van der Waals surface area contributed by atoms with E-state index in [1.165, 1.54) is 135 Å². The third-order valence-electron chi connectivity index (χ3n) is 21.1. The summed E-state index contributed by atoms with van der Waals surface area (Å²) in [6, 6.07) is 123. The molecule has 0 radical (unpaired) electrons. The number of thiophene rings is 4. The Morgan fingerprint density at radius 3 is 1.08 bits per heavy atom. The van der Waals surface area contributed by atoms with E-state index in [1.54, 1.807) is 0 Å². The van der Waals surface area contributed by atoms with Crippen LogP contribution < -0.4 is 0 Å². The van der Waals surface area contributed by atoms with Crippen LogP contribution in [0.4, 0.5) is 0 Å². The van der Waals surface area contributed by atoms with Crippen molar-refractivity contribution >= 4 is 170 Å². The van der Waals surface area contributed by atoms with E-state index in [1.807, 2.05) is 69.6 Å². The maximum atomic E-state index is 5.32. The van der Waals surface area contributed by atoms with Crippen LogP contribution in [0.25, 0.3) is 215 Å². The fourth-order valence-electron chi connectivity index (χ4n) is 16.1. The van der Waals surface area contributed by atoms with Gasteiger partial charge in [0.25, 0.3) is 0 Å². The monoisotopic (exact) mass is 1450 g/mol. The molecule has 0 fully saturated rings. The second kappa shape index (κ2) is 25.3.